The fourth-order valence-corrected chi connectivity index (χ4v) is 6.41. The highest BCUT2D eigenvalue weighted by Crippen LogP contribution is 2.38. The van der Waals surface area contributed by atoms with Crippen molar-refractivity contribution in [2.24, 2.45) is 0 Å². The number of nitrogens with one attached hydrogen (secondary N) is 1. The first-order valence-corrected chi connectivity index (χ1v) is 10.9. The second kappa shape index (κ2) is 7.19. The number of carbonyl (C=O) groups is 1. The number of benzene rings is 2. The summed E-state index contributed by atoms with van der Waals surface area (Å²) >= 11 is 10.6. The third-order valence-electron chi connectivity index (χ3n) is 3.67. The van der Waals surface area contributed by atoms with Gasteiger partial charge in [-0.2, -0.15) is 0 Å². The molecule has 136 valence electrons. The number of anilines is 1. The smallest absolute Gasteiger partial charge is 0.307 e. The van der Waals surface area contributed by atoms with E-state index in [1.807, 2.05) is 6.07 Å². The number of hydrogen-bond donors (Lipinski definition) is 2. The second-order valence-corrected chi connectivity index (χ2v) is 9.90. The Morgan fingerprint density at radius 1 is 1.31 bits per heavy atom. The van der Waals surface area contributed by atoms with E-state index < -0.39 is 16.0 Å². The van der Waals surface area contributed by atoms with E-state index in [1.54, 1.807) is 31.2 Å². The molecule has 0 amide bonds. The molecule has 0 aliphatic heterocycles. The summed E-state index contributed by atoms with van der Waals surface area (Å²) in [6, 6.07) is 10.0. The van der Waals surface area contributed by atoms with Gasteiger partial charge in [-0.1, -0.05) is 33.6 Å². The second-order valence-electron chi connectivity index (χ2n) is 5.65. The van der Waals surface area contributed by atoms with E-state index in [0.717, 1.165) is 21.4 Å². The van der Waals surface area contributed by atoms with Crippen molar-refractivity contribution in [3.05, 3.63) is 57.0 Å². The van der Waals surface area contributed by atoms with Crippen LogP contribution in [0.15, 0.2) is 45.1 Å². The first kappa shape index (κ1) is 19.2. The Kier molecular flexibility index (Phi) is 5.30. The van der Waals surface area contributed by atoms with Crippen LogP contribution < -0.4 is 4.72 Å². The summed E-state index contributed by atoms with van der Waals surface area (Å²) in [5.74, 6) is -0.994. The van der Waals surface area contributed by atoms with Crippen molar-refractivity contribution < 1.29 is 18.3 Å². The zero-order valence-corrected chi connectivity index (χ0v) is 17.4. The molecule has 5 nitrogen and oxygen atoms in total. The molecule has 0 aliphatic rings. The van der Waals surface area contributed by atoms with Crippen molar-refractivity contribution in [2.45, 2.75) is 17.6 Å². The minimum atomic E-state index is -3.84. The van der Waals surface area contributed by atoms with Crippen molar-refractivity contribution in [1.29, 1.82) is 0 Å². The molecule has 9 heteroatoms. The quantitative estimate of drug-likeness (QED) is 0.542. The summed E-state index contributed by atoms with van der Waals surface area (Å²) in [5.41, 5.74) is 1.36. The minimum absolute atomic E-state index is 0.181. The van der Waals surface area contributed by atoms with E-state index in [2.05, 4.69) is 20.7 Å². The molecule has 1 aromatic heterocycles. The van der Waals surface area contributed by atoms with Gasteiger partial charge in [-0.05, 0) is 48.4 Å². The molecule has 2 N–H and O–H groups in total. The van der Waals surface area contributed by atoms with Crippen LogP contribution in [0.5, 0.6) is 0 Å². The third-order valence-corrected chi connectivity index (χ3v) is 7.70. The van der Waals surface area contributed by atoms with E-state index in [0.29, 0.717) is 26.3 Å². The number of carboxylic acids is 1. The van der Waals surface area contributed by atoms with Crippen molar-refractivity contribution >= 4 is 70.6 Å². The fourth-order valence-electron chi connectivity index (χ4n) is 2.68. The largest absolute Gasteiger partial charge is 0.481 e. The van der Waals surface area contributed by atoms with E-state index in [9.17, 15) is 13.2 Å². The average Bonchev–Trinajstić information content (AvgIpc) is 2.84. The predicted octanol–water partition coefficient (Wildman–Crippen LogP) is 5.05. The summed E-state index contributed by atoms with van der Waals surface area (Å²) in [6.45, 7) is 1.72. The minimum Gasteiger partial charge on any atom is -0.481 e. The van der Waals surface area contributed by atoms with Gasteiger partial charge in [0, 0.05) is 19.6 Å². The number of thiophene rings is 1. The first-order chi connectivity index (χ1) is 12.2. The Morgan fingerprint density at radius 2 is 2.04 bits per heavy atom. The van der Waals surface area contributed by atoms with Gasteiger partial charge in [-0.15, -0.1) is 11.3 Å². The van der Waals surface area contributed by atoms with Gasteiger partial charge < -0.3 is 5.11 Å². The Bertz CT molecular complexity index is 1130. The summed E-state index contributed by atoms with van der Waals surface area (Å²) in [7, 11) is -3.84. The summed E-state index contributed by atoms with van der Waals surface area (Å²) in [5, 5.41) is 10.2. The monoisotopic (exact) mass is 473 g/mol. The van der Waals surface area contributed by atoms with Gasteiger partial charge in [0.05, 0.1) is 12.1 Å². The Morgan fingerprint density at radius 3 is 2.69 bits per heavy atom. The molecule has 0 aliphatic carbocycles. The molecule has 3 rings (SSSR count). The highest BCUT2D eigenvalue weighted by Gasteiger charge is 2.23. The lowest BCUT2D eigenvalue weighted by Crippen LogP contribution is -2.13. The molecular weight excluding hydrogens is 462 g/mol. The topological polar surface area (TPSA) is 83.5 Å². The predicted molar refractivity (Wildman–Crippen MR) is 108 cm³/mol. The van der Waals surface area contributed by atoms with Crippen molar-refractivity contribution in [1.82, 2.24) is 0 Å². The molecule has 26 heavy (non-hydrogen) atoms. The van der Waals surface area contributed by atoms with Crippen molar-refractivity contribution in [2.75, 3.05) is 4.72 Å². The zero-order chi connectivity index (χ0) is 19.1. The molecule has 0 saturated heterocycles. The Hall–Kier alpha value is -1.61. The lowest BCUT2D eigenvalue weighted by molar-refractivity contribution is -0.136. The van der Waals surface area contributed by atoms with E-state index in [4.69, 9.17) is 16.7 Å². The van der Waals surface area contributed by atoms with Gasteiger partial charge in [0.15, 0.2) is 0 Å². The molecule has 0 unspecified atom stereocenters. The van der Waals surface area contributed by atoms with Crippen LogP contribution in [0.25, 0.3) is 10.1 Å². The molecule has 2 aromatic carbocycles. The van der Waals surface area contributed by atoms with Crippen molar-refractivity contribution in [3.8, 4) is 0 Å². The van der Waals surface area contributed by atoms with Crippen LogP contribution in [0.4, 0.5) is 5.69 Å². The van der Waals surface area contributed by atoms with Crippen LogP contribution in [0.2, 0.25) is 5.02 Å². The lowest BCUT2D eigenvalue weighted by atomic mass is 10.1. The maximum atomic E-state index is 12.9. The number of halogens is 2. The molecule has 0 saturated carbocycles. The van der Waals surface area contributed by atoms with Gasteiger partial charge in [-0.3, -0.25) is 9.52 Å². The molecule has 0 atom stereocenters. The van der Waals surface area contributed by atoms with Gasteiger partial charge in [0.2, 0.25) is 0 Å². The molecule has 3 aromatic rings. The molecular formula is C17H13BrClNO4S2. The Balaban J connectivity index is 2.03. The number of rotatable bonds is 5. The van der Waals surface area contributed by atoms with Crippen LogP contribution in [-0.2, 0) is 21.2 Å². The first-order valence-electron chi connectivity index (χ1n) is 7.39. The summed E-state index contributed by atoms with van der Waals surface area (Å²) in [6.07, 6.45) is -0.203. The number of aliphatic carboxylic acids is 1. The van der Waals surface area contributed by atoms with Crippen LogP contribution in [0, 0.1) is 6.92 Å². The average molecular weight is 475 g/mol. The normalized spacial score (nSPS) is 11.7. The molecule has 0 radical (unpaired) electrons. The van der Waals surface area contributed by atoms with Gasteiger partial charge in [0.1, 0.15) is 4.21 Å². The number of aryl methyl sites for hydroxylation is 1. The number of fused-ring (bicyclic) bond motifs is 1. The third kappa shape index (κ3) is 3.88. The van der Waals surface area contributed by atoms with E-state index in [-0.39, 0.29) is 10.6 Å². The van der Waals surface area contributed by atoms with Crippen LogP contribution in [0.3, 0.4) is 0 Å². The Labute approximate surface area is 167 Å². The van der Waals surface area contributed by atoms with Gasteiger partial charge >= 0.3 is 5.97 Å². The number of carboxylic acid groups (broad SMARTS) is 1. The number of hydrogen-bond acceptors (Lipinski definition) is 4. The summed E-state index contributed by atoms with van der Waals surface area (Å²) < 4.78 is 29.8. The SMILES string of the molecule is Cc1c(S(=O)(=O)Nc2cc(Br)cc(CC(=O)O)c2)sc2cccc(Cl)c12. The van der Waals surface area contributed by atoms with E-state index in [1.165, 1.54) is 6.07 Å². The van der Waals surface area contributed by atoms with Gasteiger partial charge in [0.25, 0.3) is 10.0 Å². The standard InChI is InChI=1S/C17H13BrClNO4S2/c1-9-16-13(19)3-2-4-14(16)25-17(9)26(23,24)20-12-6-10(7-15(21)22)5-11(18)8-12/h2-6,8,20H,7H2,1H3,(H,21,22). The highest BCUT2D eigenvalue weighted by molar-refractivity contribution is 9.10. The van der Waals surface area contributed by atoms with Crippen molar-refractivity contribution in [3.63, 3.8) is 0 Å². The summed E-state index contributed by atoms with van der Waals surface area (Å²) in [4.78, 5) is 10.9. The molecule has 0 spiro atoms. The maximum absolute atomic E-state index is 12.9. The van der Waals surface area contributed by atoms with Crippen LogP contribution in [0.1, 0.15) is 11.1 Å². The van der Waals surface area contributed by atoms with Crippen LogP contribution >= 0.6 is 38.9 Å². The number of sulfonamides is 1. The molecule has 1 heterocycles. The maximum Gasteiger partial charge on any atom is 0.307 e. The highest BCUT2D eigenvalue weighted by atomic mass is 79.9. The fraction of sp³-hybridized carbons (Fsp3) is 0.118. The van der Waals surface area contributed by atoms with Gasteiger partial charge in [-0.25, -0.2) is 8.42 Å². The molecule has 0 fully saturated rings. The zero-order valence-electron chi connectivity index (χ0n) is 13.4. The lowest BCUT2D eigenvalue weighted by Gasteiger charge is -2.09. The molecule has 0 bridgehead atoms. The van der Waals surface area contributed by atoms with E-state index >= 15 is 0 Å². The van der Waals surface area contributed by atoms with Crippen LogP contribution in [-0.4, -0.2) is 19.5 Å².